The number of amides is 3. The predicted octanol–water partition coefficient (Wildman–Crippen LogP) is 4.21. The van der Waals surface area contributed by atoms with Crippen molar-refractivity contribution in [1.82, 2.24) is 10.6 Å². The molecule has 39 heavy (non-hydrogen) atoms. The second kappa shape index (κ2) is 11.4. The van der Waals surface area contributed by atoms with Gasteiger partial charge in [-0.1, -0.05) is 23.2 Å². The first-order chi connectivity index (χ1) is 18.7. The molecule has 2 atom stereocenters. The molecule has 4 aliphatic rings. The molecule has 3 amide bonds. The number of nitrogens with zero attached hydrogens (tertiary/aromatic N) is 1. The Morgan fingerprint density at radius 2 is 1.97 bits per heavy atom. The standard InChI is InChI=1S/C27H28Cl2FN3O5S/c1-39-7-6-25(35)33-13-23(38-22-5-2-16(28)8-21(22)33)26(36)31-20-12-27(10-15(20)11-27)32-24(34)14-37-17-3-4-18(29)19(30)9-17/h2-5,8-9,15,20,23H,6-7,10-14H2,1H3,(H,31,36)(H,32,34)/t15?,20-,23?,27?/m0/s1. The van der Waals surface area contributed by atoms with E-state index >= 15 is 0 Å². The summed E-state index contributed by atoms with van der Waals surface area (Å²) in [4.78, 5) is 40.3. The fraction of sp³-hybridized carbons (Fsp3) is 0.444. The maximum absolute atomic E-state index is 13.6. The van der Waals surface area contributed by atoms with Gasteiger partial charge in [-0.15, -0.1) is 0 Å². The normalized spacial score (nSPS) is 24.7. The number of carbonyl (C=O) groups is 3. The molecule has 1 aliphatic heterocycles. The Bertz CT molecular complexity index is 1290. The number of fused-ring (bicyclic) bond motifs is 2. The summed E-state index contributed by atoms with van der Waals surface area (Å²) in [6, 6.07) is 8.88. The van der Waals surface area contributed by atoms with Crippen LogP contribution in [0.1, 0.15) is 25.7 Å². The summed E-state index contributed by atoms with van der Waals surface area (Å²) in [5.41, 5.74) is 0.149. The van der Waals surface area contributed by atoms with Crippen molar-refractivity contribution in [2.24, 2.45) is 5.92 Å². The van der Waals surface area contributed by atoms with Crippen molar-refractivity contribution in [3.63, 3.8) is 0 Å². The Morgan fingerprint density at radius 3 is 2.72 bits per heavy atom. The van der Waals surface area contributed by atoms with Crippen molar-refractivity contribution in [2.75, 3.05) is 30.1 Å². The molecular formula is C27H28Cl2FN3O5S. The fourth-order valence-electron chi connectivity index (χ4n) is 5.58. The zero-order chi connectivity index (χ0) is 27.7. The van der Waals surface area contributed by atoms with Gasteiger partial charge in [0.25, 0.3) is 11.8 Å². The maximum atomic E-state index is 13.6. The Balaban J connectivity index is 1.16. The van der Waals surface area contributed by atoms with Gasteiger partial charge in [0.1, 0.15) is 17.3 Å². The molecule has 0 radical (unpaired) electrons. The van der Waals surface area contributed by atoms with Crippen LogP contribution < -0.4 is 25.0 Å². The first-order valence-electron chi connectivity index (χ1n) is 12.6. The largest absolute Gasteiger partial charge is 0.484 e. The average molecular weight is 597 g/mol. The lowest BCUT2D eigenvalue weighted by atomic mass is 9.76. The van der Waals surface area contributed by atoms with Crippen LogP contribution >= 0.6 is 35.0 Å². The molecule has 2 N–H and O–H groups in total. The molecule has 0 spiro atoms. The van der Waals surface area contributed by atoms with Gasteiger partial charge < -0.3 is 25.0 Å². The summed E-state index contributed by atoms with van der Waals surface area (Å²) in [5, 5.41) is 6.57. The van der Waals surface area contributed by atoms with Crippen molar-refractivity contribution in [1.29, 1.82) is 0 Å². The zero-order valence-corrected chi connectivity index (χ0v) is 23.5. The number of carbonyl (C=O) groups excluding carboxylic acids is 3. The van der Waals surface area contributed by atoms with E-state index in [1.54, 1.807) is 34.9 Å². The summed E-state index contributed by atoms with van der Waals surface area (Å²) >= 11 is 13.4. The van der Waals surface area contributed by atoms with Gasteiger partial charge in [-0.3, -0.25) is 14.4 Å². The van der Waals surface area contributed by atoms with E-state index in [-0.39, 0.29) is 53.6 Å². The van der Waals surface area contributed by atoms with Gasteiger partial charge in [-0.05, 0) is 61.8 Å². The maximum Gasteiger partial charge on any atom is 0.263 e. The molecule has 208 valence electrons. The van der Waals surface area contributed by atoms with E-state index in [9.17, 15) is 18.8 Å². The molecule has 3 aliphatic carbocycles. The first kappa shape index (κ1) is 27.9. The van der Waals surface area contributed by atoms with Crippen LogP contribution in [0, 0.1) is 11.7 Å². The minimum Gasteiger partial charge on any atom is -0.484 e. The van der Waals surface area contributed by atoms with Gasteiger partial charge in [-0.25, -0.2) is 4.39 Å². The highest BCUT2D eigenvalue weighted by atomic mass is 35.5. The van der Waals surface area contributed by atoms with Crippen LogP contribution in [0.5, 0.6) is 11.5 Å². The van der Waals surface area contributed by atoms with E-state index in [1.165, 1.54) is 12.1 Å². The van der Waals surface area contributed by atoms with Crippen LogP contribution in [0.2, 0.25) is 10.0 Å². The number of benzene rings is 2. The predicted molar refractivity (Wildman–Crippen MR) is 148 cm³/mol. The highest BCUT2D eigenvalue weighted by molar-refractivity contribution is 7.98. The lowest BCUT2D eigenvalue weighted by Crippen LogP contribution is -2.53. The molecule has 2 bridgehead atoms. The second-order valence-corrected chi connectivity index (χ2v) is 12.0. The van der Waals surface area contributed by atoms with Gasteiger partial charge in [0, 0.05) is 34.8 Å². The van der Waals surface area contributed by atoms with Crippen molar-refractivity contribution in [2.45, 2.75) is 43.4 Å². The topological polar surface area (TPSA) is 97.0 Å². The summed E-state index contributed by atoms with van der Waals surface area (Å²) in [6.07, 6.45) is 3.47. The molecular weight excluding hydrogens is 568 g/mol. The van der Waals surface area contributed by atoms with Crippen LogP contribution in [0.3, 0.4) is 0 Å². The number of halogens is 3. The van der Waals surface area contributed by atoms with E-state index in [1.807, 2.05) is 6.26 Å². The highest BCUT2D eigenvalue weighted by Gasteiger charge is 2.57. The van der Waals surface area contributed by atoms with Crippen LogP contribution in [0.25, 0.3) is 0 Å². The van der Waals surface area contributed by atoms with Crippen LogP contribution in [-0.4, -0.2) is 60.6 Å². The van der Waals surface area contributed by atoms with Gasteiger partial charge in [0.05, 0.1) is 17.3 Å². The van der Waals surface area contributed by atoms with Gasteiger partial charge in [0.15, 0.2) is 12.7 Å². The Kier molecular flexibility index (Phi) is 8.16. The van der Waals surface area contributed by atoms with E-state index in [0.717, 1.165) is 18.9 Å². The van der Waals surface area contributed by atoms with Crippen LogP contribution in [0.4, 0.5) is 10.1 Å². The molecule has 3 fully saturated rings. The van der Waals surface area contributed by atoms with Gasteiger partial charge in [-0.2, -0.15) is 11.8 Å². The number of hydrogen-bond acceptors (Lipinski definition) is 6. The SMILES string of the molecule is CSCCC(=O)N1CC(C(=O)N[C@H]2CC3(NC(=O)COc4ccc(Cl)c(F)c4)CC2C3)Oc2ccc(Cl)cc21. The number of thioether (sulfide) groups is 1. The van der Waals surface area contributed by atoms with Gasteiger partial charge >= 0.3 is 0 Å². The van der Waals surface area contributed by atoms with Crippen molar-refractivity contribution >= 4 is 58.4 Å². The number of anilines is 1. The number of ether oxygens (including phenoxy) is 2. The second-order valence-electron chi connectivity index (χ2n) is 10.1. The Hall–Kier alpha value is -2.69. The van der Waals surface area contributed by atoms with Crippen molar-refractivity contribution in [3.05, 3.63) is 52.3 Å². The first-order valence-corrected chi connectivity index (χ1v) is 14.8. The zero-order valence-electron chi connectivity index (χ0n) is 21.2. The Labute approximate surface area is 239 Å². The summed E-state index contributed by atoms with van der Waals surface area (Å²) < 4.78 is 25.0. The number of nitrogens with one attached hydrogen (secondary N) is 2. The molecule has 0 saturated heterocycles. The summed E-state index contributed by atoms with van der Waals surface area (Å²) in [6.45, 7) is -0.168. The molecule has 3 saturated carbocycles. The molecule has 0 aromatic heterocycles. The minimum absolute atomic E-state index is 0.0209. The number of rotatable bonds is 9. The van der Waals surface area contributed by atoms with Crippen LogP contribution in [-0.2, 0) is 14.4 Å². The van der Waals surface area contributed by atoms with Crippen molar-refractivity contribution < 1.29 is 28.2 Å². The minimum atomic E-state index is -0.867. The fourth-order valence-corrected chi connectivity index (χ4v) is 6.24. The van der Waals surface area contributed by atoms with E-state index in [0.29, 0.717) is 35.1 Å². The van der Waals surface area contributed by atoms with E-state index < -0.39 is 17.5 Å². The number of hydrogen-bond donors (Lipinski definition) is 2. The molecule has 1 heterocycles. The van der Waals surface area contributed by atoms with E-state index in [4.69, 9.17) is 32.7 Å². The molecule has 2 aromatic rings. The van der Waals surface area contributed by atoms with Gasteiger partial charge in [0.2, 0.25) is 5.91 Å². The molecule has 1 unspecified atom stereocenters. The smallest absolute Gasteiger partial charge is 0.263 e. The third kappa shape index (κ3) is 6.07. The molecule has 12 heteroatoms. The highest BCUT2D eigenvalue weighted by Crippen LogP contribution is 2.52. The average Bonchev–Trinajstić information content (AvgIpc) is 3.40. The molecule has 8 nitrogen and oxygen atoms in total. The van der Waals surface area contributed by atoms with E-state index in [2.05, 4.69) is 10.6 Å². The van der Waals surface area contributed by atoms with Crippen LogP contribution in [0.15, 0.2) is 36.4 Å². The molecule has 2 aromatic carbocycles. The third-order valence-electron chi connectivity index (χ3n) is 7.42. The summed E-state index contributed by atoms with van der Waals surface area (Å²) in [7, 11) is 0. The monoisotopic (exact) mass is 595 g/mol. The Morgan fingerprint density at radius 1 is 1.18 bits per heavy atom. The lowest BCUT2D eigenvalue weighted by Gasteiger charge is -2.39. The van der Waals surface area contributed by atoms with Crippen molar-refractivity contribution in [3.8, 4) is 11.5 Å². The molecule has 6 rings (SSSR count). The third-order valence-corrected chi connectivity index (χ3v) is 8.58. The summed E-state index contributed by atoms with van der Waals surface area (Å²) in [5.74, 6) is 0.213. The quantitative estimate of drug-likeness (QED) is 0.451. The lowest BCUT2D eigenvalue weighted by molar-refractivity contribution is -0.129.